The molecular formula is C19H29N5O3. The van der Waals surface area contributed by atoms with Gasteiger partial charge in [0.05, 0.1) is 18.2 Å². The van der Waals surface area contributed by atoms with E-state index in [0.717, 1.165) is 36.5 Å². The molecule has 8 heteroatoms. The summed E-state index contributed by atoms with van der Waals surface area (Å²) in [5.74, 6) is 1.14. The smallest absolute Gasteiger partial charge is 0.410 e. The van der Waals surface area contributed by atoms with Gasteiger partial charge in [0, 0.05) is 25.2 Å². The predicted molar refractivity (Wildman–Crippen MR) is 101 cm³/mol. The van der Waals surface area contributed by atoms with Gasteiger partial charge in [0.1, 0.15) is 17.2 Å². The topological polar surface area (TPSA) is 102 Å². The minimum absolute atomic E-state index is 0.147. The van der Waals surface area contributed by atoms with Crippen molar-refractivity contribution in [3.05, 3.63) is 17.1 Å². The Morgan fingerprint density at radius 3 is 2.63 bits per heavy atom. The lowest BCUT2D eigenvalue weighted by atomic mass is 9.96. The van der Waals surface area contributed by atoms with E-state index in [1.165, 1.54) is 0 Å². The van der Waals surface area contributed by atoms with Crippen LogP contribution in [0.4, 0.5) is 10.6 Å². The molecular weight excluding hydrogens is 346 g/mol. The average Bonchev–Trinajstić information content (AvgIpc) is 2.59. The molecule has 3 rings (SSSR count). The third-order valence-electron chi connectivity index (χ3n) is 4.93. The van der Waals surface area contributed by atoms with Crippen LogP contribution in [0.25, 0.3) is 0 Å². The molecule has 0 aromatic carbocycles. The molecule has 148 valence electrons. The lowest BCUT2D eigenvalue weighted by molar-refractivity contribution is -0.122. The molecule has 1 aromatic rings. The number of hydrogen-bond acceptors (Lipinski definition) is 6. The first-order valence-corrected chi connectivity index (χ1v) is 9.52. The summed E-state index contributed by atoms with van der Waals surface area (Å²) in [5, 5.41) is 0. The quantitative estimate of drug-likeness (QED) is 0.845. The molecule has 2 amide bonds. The molecule has 0 bridgehead atoms. The van der Waals surface area contributed by atoms with Crippen LogP contribution in [0.2, 0.25) is 0 Å². The van der Waals surface area contributed by atoms with Gasteiger partial charge in [0.2, 0.25) is 5.91 Å². The Morgan fingerprint density at radius 1 is 1.22 bits per heavy atom. The van der Waals surface area contributed by atoms with E-state index < -0.39 is 5.60 Å². The van der Waals surface area contributed by atoms with E-state index >= 15 is 0 Å². The van der Waals surface area contributed by atoms with E-state index in [1.807, 2.05) is 27.7 Å². The Labute approximate surface area is 160 Å². The van der Waals surface area contributed by atoms with Crippen LogP contribution in [-0.4, -0.2) is 52.1 Å². The van der Waals surface area contributed by atoms with E-state index in [2.05, 4.69) is 14.9 Å². The van der Waals surface area contributed by atoms with E-state index in [1.54, 1.807) is 4.90 Å². The number of primary amides is 1. The molecule has 2 aliphatic rings. The number of hydrogen-bond donors (Lipinski definition) is 1. The molecule has 3 heterocycles. The standard InChI is InChI=1S/C19H29N5O3/c1-12-21-15-11-24(18(26)27-19(2,3)4)9-7-14(15)17(22-12)23-8-5-6-13(10-23)16(20)25/h13H,5-11H2,1-4H3,(H2,20,25). The van der Waals surface area contributed by atoms with Crippen molar-refractivity contribution >= 4 is 17.8 Å². The van der Waals surface area contributed by atoms with Crippen LogP contribution in [-0.2, 0) is 22.5 Å². The van der Waals surface area contributed by atoms with Crippen LogP contribution in [0.3, 0.4) is 0 Å². The lowest BCUT2D eigenvalue weighted by Crippen LogP contribution is -2.44. The summed E-state index contributed by atoms with van der Waals surface area (Å²) in [4.78, 5) is 37.1. The number of carbonyl (C=O) groups is 2. The highest BCUT2D eigenvalue weighted by Gasteiger charge is 2.31. The van der Waals surface area contributed by atoms with Crippen LogP contribution in [0.1, 0.15) is 50.7 Å². The van der Waals surface area contributed by atoms with Crippen molar-refractivity contribution in [2.45, 2.75) is 59.1 Å². The molecule has 2 N–H and O–H groups in total. The molecule has 1 fully saturated rings. The number of anilines is 1. The number of nitrogens with two attached hydrogens (primary N) is 1. The van der Waals surface area contributed by atoms with E-state index in [4.69, 9.17) is 10.5 Å². The van der Waals surface area contributed by atoms with Gasteiger partial charge < -0.3 is 20.3 Å². The molecule has 27 heavy (non-hydrogen) atoms. The number of piperidine rings is 1. The fraction of sp³-hybridized carbons (Fsp3) is 0.684. The molecule has 8 nitrogen and oxygen atoms in total. The van der Waals surface area contributed by atoms with Crippen molar-refractivity contribution in [1.29, 1.82) is 0 Å². The van der Waals surface area contributed by atoms with Crippen molar-refractivity contribution < 1.29 is 14.3 Å². The van der Waals surface area contributed by atoms with Gasteiger partial charge >= 0.3 is 6.09 Å². The van der Waals surface area contributed by atoms with Crippen LogP contribution in [0.15, 0.2) is 0 Å². The number of nitrogens with zero attached hydrogens (tertiary/aromatic N) is 4. The summed E-state index contributed by atoms with van der Waals surface area (Å²) < 4.78 is 5.49. The second kappa shape index (κ2) is 7.32. The van der Waals surface area contributed by atoms with Crippen LogP contribution in [0.5, 0.6) is 0 Å². The molecule has 0 radical (unpaired) electrons. The van der Waals surface area contributed by atoms with Gasteiger partial charge in [-0.3, -0.25) is 4.79 Å². The first-order chi connectivity index (χ1) is 12.6. The third kappa shape index (κ3) is 4.48. The van der Waals surface area contributed by atoms with Gasteiger partial charge in [-0.1, -0.05) is 0 Å². The van der Waals surface area contributed by atoms with Crippen molar-refractivity contribution in [2.75, 3.05) is 24.5 Å². The summed E-state index contributed by atoms with van der Waals surface area (Å²) in [7, 11) is 0. The highest BCUT2D eigenvalue weighted by atomic mass is 16.6. The summed E-state index contributed by atoms with van der Waals surface area (Å²) in [6.07, 6.45) is 2.08. The first kappa shape index (κ1) is 19.4. The number of aryl methyl sites for hydroxylation is 1. The Kier molecular flexibility index (Phi) is 5.26. The number of amides is 2. The maximum absolute atomic E-state index is 12.4. The van der Waals surface area contributed by atoms with Crippen molar-refractivity contribution in [3.8, 4) is 0 Å². The zero-order valence-electron chi connectivity index (χ0n) is 16.6. The number of aromatic nitrogens is 2. The Balaban J connectivity index is 1.83. The van der Waals surface area contributed by atoms with E-state index in [9.17, 15) is 9.59 Å². The minimum atomic E-state index is -0.526. The maximum Gasteiger partial charge on any atom is 0.410 e. The molecule has 0 saturated carbocycles. The average molecular weight is 375 g/mol. The van der Waals surface area contributed by atoms with Gasteiger partial charge in [-0.2, -0.15) is 0 Å². The Hall–Kier alpha value is -2.38. The minimum Gasteiger partial charge on any atom is -0.444 e. The largest absolute Gasteiger partial charge is 0.444 e. The fourth-order valence-electron chi connectivity index (χ4n) is 3.68. The summed E-state index contributed by atoms with van der Waals surface area (Å²) in [5.41, 5.74) is 6.91. The molecule has 1 atom stereocenters. The Bertz CT molecular complexity index is 744. The zero-order chi connectivity index (χ0) is 19.8. The number of carbonyl (C=O) groups excluding carboxylic acids is 2. The zero-order valence-corrected chi connectivity index (χ0v) is 16.6. The SMILES string of the molecule is Cc1nc2c(c(N3CCCC(C(N)=O)C3)n1)CCN(C(=O)OC(C)(C)C)C2. The van der Waals surface area contributed by atoms with Gasteiger partial charge in [0.15, 0.2) is 0 Å². The number of fused-ring (bicyclic) bond motifs is 1. The van der Waals surface area contributed by atoms with Crippen molar-refractivity contribution in [2.24, 2.45) is 11.7 Å². The van der Waals surface area contributed by atoms with E-state index in [0.29, 0.717) is 31.9 Å². The van der Waals surface area contributed by atoms with Gasteiger partial charge in [0.25, 0.3) is 0 Å². The predicted octanol–water partition coefficient (Wildman–Crippen LogP) is 1.78. The maximum atomic E-state index is 12.4. The third-order valence-corrected chi connectivity index (χ3v) is 4.93. The summed E-state index contributed by atoms with van der Waals surface area (Å²) in [6, 6.07) is 0. The summed E-state index contributed by atoms with van der Waals surface area (Å²) in [6.45, 7) is 9.85. The molecule has 1 saturated heterocycles. The van der Waals surface area contributed by atoms with Crippen LogP contribution in [0, 0.1) is 12.8 Å². The summed E-state index contributed by atoms with van der Waals surface area (Å²) >= 11 is 0. The Morgan fingerprint density at radius 2 is 1.96 bits per heavy atom. The lowest BCUT2D eigenvalue weighted by Gasteiger charge is -2.36. The second-order valence-corrected chi connectivity index (χ2v) is 8.36. The number of ether oxygens (including phenoxy) is 1. The van der Waals surface area contributed by atoms with Crippen LogP contribution >= 0.6 is 0 Å². The van der Waals surface area contributed by atoms with Gasteiger partial charge in [-0.05, 0) is 47.0 Å². The monoisotopic (exact) mass is 375 g/mol. The molecule has 1 aromatic heterocycles. The molecule has 1 unspecified atom stereocenters. The van der Waals surface area contributed by atoms with Crippen molar-refractivity contribution in [1.82, 2.24) is 14.9 Å². The van der Waals surface area contributed by atoms with Gasteiger partial charge in [-0.25, -0.2) is 14.8 Å². The molecule has 0 aliphatic carbocycles. The van der Waals surface area contributed by atoms with Gasteiger partial charge in [-0.15, -0.1) is 0 Å². The van der Waals surface area contributed by atoms with E-state index in [-0.39, 0.29) is 17.9 Å². The number of rotatable bonds is 2. The molecule has 0 spiro atoms. The fourth-order valence-corrected chi connectivity index (χ4v) is 3.68. The molecule has 2 aliphatic heterocycles. The highest BCUT2D eigenvalue weighted by Crippen LogP contribution is 2.30. The van der Waals surface area contributed by atoms with Crippen molar-refractivity contribution in [3.63, 3.8) is 0 Å². The normalized spacial score (nSPS) is 20.2. The second-order valence-electron chi connectivity index (χ2n) is 8.36. The van der Waals surface area contributed by atoms with Crippen LogP contribution < -0.4 is 10.6 Å². The first-order valence-electron chi connectivity index (χ1n) is 9.52. The highest BCUT2D eigenvalue weighted by molar-refractivity contribution is 5.77.